The highest BCUT2D eigenvalue weighted by Crippen LogP contribution is 2.45. The van der Waals surface area contributed by atoms with Crippen molar-refractivity contribution in [2.24, 2.45) is 0 Å². The lowest BCUT2D eigenvalue weighted by Crippen LogP contribution is -2.35. The molecule has 0 aliphatic heterocycles. The van der Waals surface area contributed by atoms with E-state index in [0.29, 0.717) is 23.7 Å². The topological polar surface area (TPSA) is 121 Å². The maximum atomic E-state index is 13.3. The predicted octanol–water partition coefficient (Wildman–Crippen LogP) is 5.81. The highest BCUT2D eigenvalue weighted by atomic mass is 19.4. The number of likely N-dealkylation sites (N-methyl/N-ethyl adjacent to an activating group) is 1. The number of hydrogen-bond acceptors (Lipinski definition) is 7. The minimum atomic E-state index is -5.25. The number of carbonyl (C=O) groups excluding carboxylic acids is 2. The molecule has 0 aliphatic carbocycles. The Bertz CT molecular complexity index is 1320. The van der Waals surface area contributed by atoms with Crippen LogP contribution in [-0.4, -0.2) is 61.6 Å². The Balaban J connectivity index is 1.79. The summed E-state index contributed by atoms with van der Waals surface area (Å²) in [5.41, 5.74) is -0.870. The number of urea groups is 1. The first-order valence-electron chi connectivity index (χ1n) is 12.7. The summed E-state index contributed by atoms with van der Waals surface area (Å²) in [6, 6.07) is 15.2. The monoisotopic (exact) mass is 576 g/mol. The third-order valence-electron chi connectivity index (χ3n) is 5.83. The Morgan fingerprint density at radius 1 is 0.951 bits per heavy atom. The maximum Gasteiger partial charge on any atom is 0.573 e. The fraction of sp³-hybridized carbons (Fsp3) is 0.286. The van der Waals surface area contributed by atoms with Crippen LogP contribution in [0.2, 0.25) is 0 Å². The number of methoxy groups -OCH3 is 1. The average Bonchev–Trinajstić information content (AvgIpc) is 2.93. The van der Waals surface area contributed by atoms with Crippen molar-refractivity contribution in [3.8, 4) is 28.7 Å². The molecule has 0 spiro atoms. The van der Waals surface area contributed by atoms with Gasteiger partial charge in [0.05, 0.1) is 12.8 Å². The minimum Gasteiger partial charge on any atom is -0.504 e. The number of phenols is 1. The van der Waals surface area contributed by atoms with Gasteiger partial charge in [0, 0.05) is 24.8 Å². The summed E-state index contributed by atoms with van der Waals surface area (Å²) < 4.78 is 54.6. The van der Waals surface area contributed by atoms with Crippen molar-refractivity contribution in [3.63, 3.8) is 0 Å². The highest BCUT2D eigenvalue weighted by molar-refractivity contribution is 6.05. The molecule has 0 bridgehead atoms. The molecule has 0 radical (unpaired) electrons. The van der Waals surface area contributed by atoms with Gasteiger partial charge in [-0.1, -0.05) is 32.0 Å². The second-order valence-corrected chi connectivity index (χ2v) is 8.53. The number of benzene rings is 3. The summed E-state index contributed by atoms with van der Waals surface area (Å²) in [4.78, 5) is 27.5. The molecule has 3 amide bonds. The SMILES string of the molecule is CCN(CC)CCNC(=O)c1c(OC)cc(NC(=O)Nc2ccc(Oc3ccccc3)cc2)c(OC(F)(F)F)c1O. The number of nitrogens with one attached hydrogen (secondary N) is 3. The van der Waals surface area contributed by atoms with Crippen molar-refractivity contribution in [3.05, 3.63) is 66.2 Å². The molecule has 3 aromatic carbocycles. The van der Waals surface area contributed by atoms with Crippen LogP contribution in [0.3, 0.4) is 0 Å². The number of rotatable bonds is 12. The molecule has 0 unspecified atom stereocenters. The van der Waals surface area contributed by atoms with E-state index in [2.05, 4.69) is 20.7 Å². The zero-order valence-corrected chi connectivity index (χ0v) is 22.7. The quantitative estimate of drug-likeness (QED) is 0.215. The van der Waals surface area contributed by atoms with E-state index in [9.17, 15) is 27.9 Å². The number of ether oxygens (including phenoxy) is 3. The third kappa shape index (κ3) is 8.93. The minimum absolute atomic E-state index is 0.163. The van der Waals surface area contributed by atoms with Crippen LogP contribution in [0.5, 0.6) is 28.7 Å². The van der Waals surface area contributed by atoms with E-state index < -0.39 is 41.1 Å². The molecule has 10 nitrogen and oxygen atoms in total. The first-order valence-corrected chi connectivity index (χ1v) is 12.7. The number of amides is 3. The lowest BCUT2D eigenvalue weighted by atomic mass is 10.1. The van der Waals surface area contributed by atoms with Gasteiger partial charge in [0.1, 0.15) is 22.8 Å². The molecular formula is C28H31F3N4O6. The van der Waals surface area contributed by atoms with E-state index in [1.807, 2.05) is 36.9 Å². The fourth-order valence-electron chi connectivity index (χ4n) is 3.79. The number of aromatic hydroxyl groups is 1. The molecule has 220 valence electrons. The summed E-state index contributed by atoms with van der Waals surface area (Å²) in [6.45, 7) is 6.00. The van der Waals surface area contributed by atoms with E-state index >= 15 is 0 Å². The van der Waals surface area contributed by atoms with Gasteiger partial charge in [-0.2, -0.15) is 0 Å². The lowest BCUT2D eigenvalue weighted by Gasteiger charge is -2.21. The largest absolute Gasteiger partial charge is 0.573 e. The van der Waals surface area contributed by atoms with E-state index in [1.54, 1.807) is 24.3 Å². The standard InChI is InChI=1S/C28H31F3N4O6/c1-4-35(5-2)16-15-32-26(37)23-22(39-3)17-21(25(24(23)36)41-28(29,30)31)34-27(38)33-18-11-13-20(14-12-18)40-19-9-7-6-8-10-19/h6-14,17,36H,4-5,15-16H2,1-3H3,(H,32,37)(H2,33,34,38). The number of nitrogens with zero attached hydrogens (tertiary/aromatic N) is 1. The van der Waals surface area contributed by atoms with Crippen LogP contribution in [0.1, 0.15) is 24.2 Å². The summed E-state index contributed by atoms with van der Waals surface area (Å²) in [6.07, 6.45) is -5.25. The van der Waals surface area contributed by atoms with Crippen molar-refractivity contribution in [2.45, 2.75) is 20.2 Å². The Kier molecular flexibility index (Phi) is 10.6. The number of hydrogen-bond donors (Lipinski definition) is 4. The molecule has 3 rings (SSSR count). The number of halogens is 3. The molecule has 41 heavy (non-hydrogen) atoms. The molecule has 3 aromatic rings. The van der Waals surface area contributed by atoms with Gasteiger partial charge in [-0.15, -0.1) is 13.2 Å². The molecule has 0 aromatic heterocycles. The average molecular weight is 577 g/mol. The second-order valence-electron chi connectivity index (χ2n) is 8.53. The van der Waals surface area contributed by atoms with E-state index in [-0.39, 0.29) is 12.3 Å². The predicted molar refractivity (Wildman–Crippen MR) is 147 cm³/mol. The van der Waals surface area contributed by atoms with Crippen LogP contribution < -0.4 is 30.2 Å². The maximum absolute atomic E-state index is 13.3. The van der Waals surface area contributed by atoms with Gasteiger partial charge in [0.2, 0.25) is 0 Å². The summed E-state index contributed by atoms with van der Waals surface area (Å²) in [5, 5.41) is 17.9. The first-order chi connectivity index (χ1) is 19.5. The number of anilines is 2. The molecule has 13 heteroatoms. The number of carbonyl (C=O) groups is 2. The zero-order valence-electron chi connectivity index (χ0n) is 22.7. The molecule has 0 saturated heterocycles. The summed E-state index contributed by atoms with van der Waals surface area (Å²) in [5.74, 6) is -2.39. The number of phenolic OH excluding ortho intramolecular Hbond substituents is 1. The van der Waals surface area contributed by atoms with Gasteiger partial charge in [0.25, 0.3) is 5.91 Å². The van der Waals surface area contributed by atoms with Crippen LogP contribution in [0.15, 0.2) is 60.7 Å². The van der Waals surface area contributed by atoms with Crippen LogP contribution in [0.4, 0.5) is 29.3 Å². The van der Waals surface area contributed by atoms with E-state index in [1.165, 1.54) is 12.1 Å². The summed E-state index contributed by atoms with van der Waals surface area (Å²) in [7, 11) is 1.16. The Morgan fingerprint density at radius 3 is 2.17 bits per heavy atom. The Morgan fingerprint density at radius 2 is 1.59 bits per heavy atom. The number of alkyl halides is 3. The van der Waals surface area contributed by atoms with Crippen molar-refractivity contribution in [1.29, 1.82) is 0 Å². The van der Waals surface area contributed by atoms with Gasteiger partial charge in [-0.05, 0) is 49.5 Å². The van der Waals surface area contributed by atoms with E-state index in [0.717, 1.165) is 26.3 Å². The zero-order chi connectivity index (χ0) is 30.0. The van der Waals surface area contributed by atoms with Crippen molar-refractivity contribution >= 4 is 23.3 Å². The normalized spacial score (nSPS) is 11.1. The van der Waals surface area contributed by atoms with Gasteiger partial charge in [0.15, 0.2) is 11.5 Å². The Hall–Kier alpha value is -4.65. The van der Waals surface area contributed by atoms with Crippen molar-refractivity contribution in [2.75, 3.05) is 43.9 Å². The van der Waals surface area contributed by atoms with E-state index in [4.69, 9.17) is 9.47 Å². The van der Waals surface area contributed by atoms with Crippen LogP contribution in [0.25, 0.3) is 0 Å². The lowest BCUT2D eigenvalue weighted by molar-refractivity contribution is -0.274. The summed E-state index contributed by atoms with van der Waals surface area (Å²) >= 11 is 0. The molecule has 0 fully saturated rings. The van der Waals surface area contributed by atoms with Crippen LogP contribution in [0, 0.1) is 0 Å². The molecule has 0 saturated carbocycles. The molecule has 0 aliphatic rings. The number of para-hydroxylation sites is 1. The molecular weight excluding hydrogens is 545 g/mol. The van der Waals surface area contributed by atoms with Gasteiger partial charge < -0.3 is 40.2 Å². The van der Waals surface area contributed by atoms with Gasteiger partial charge in [-0.25, -0.2) is 4.79 Å². The first kappa shape index (κ1) is 30.9. The van der Waals surface area contributed by atoms with Crippen LogP contribution >= 0.6 is 0 Å². The molecule has 0 atom stereocenters. The Labute approximate surface area is 235 Å². The third-order valence-corrected chi connectivity index (χ3v) is 5.83. The fourth-order valence-corrected chi connectivity index (χ4v) is 3.79. The highest BCUT2D eigenvalue weighted by Gasteiger charge is 2.36. The molecule has 0 heterocycles. The smallest absolute Gasteiger partial charge is 0.504 e. The second kappa shape index (κ2) is 14.1. The van der Waals surface area contributed by atoms with Gasteiger partial charge >= 0.3 is 12.4 Å². The van der Waals surface area contributed by atoms with Crippen molar-refractivity contribution in [1.82, 2.24) is 10.2 Å². The van der Waals surface area contributed by atoms with Crippen LogP contribution in [-0.2, 0) is 0 Å². The molecule has 4 N–H and O–H groups in total. The van der Waals surface area contributed by atoms with Gasteiger partial charge in [-0.3, -0.25) is 4.79 Å². The van der Waals surface area contributed by atoms with Crippen molar-refractivity contribution < 1.29 is 42.1 Å².